The van der Waals surface area contributed by atoms with E-state index in [4.69, 9.17) is 27.9 Å². The van der Waals surface area contributed by atoms with E-state index in [2.05, 4.69) is 0 Å². The highest BCUT2D eigenvalue weighted by Crippen LogP contribution is 2.34. The van der Waals surface area contributed by atoms with Crippen LogP contribution in [-0.4, -0.2) is 44.1 Å². The fourth-order valence-electron chi connectivity index (χ4n) is 3.10. The molecule has 0 aromatic heterocycles. The molecule has 1 heterocycles. The second kappa shape index (κ2) is 8.23. The minimum atomic E-state index is -2.22. The fourth-order valence-corrected chi connectivity index (χ4v) is 3.67. The minimum absolute atomic E-state index is 0.0361. The molecule has 1 saturated heterocycles. The summed E-state index contributed by atoms with van der Waals surface area (Å²) in [7, 11) is 1.33. The Hall–Kier alpha value is -2.26. The van der Waals surface area contributed by atoms with Crippen LogP contribution >= 0.6 is 23.2 Å². The summed E-state index contributed by atoms with van der Waals surface area (Å²) in [6, 6.07) is 2.77. The number of benzene rings is 2. The molecule has 29 heavy (non-hydrogen) atoms. The Balaban J connectivity index is 1.83. The Morgan fingerprint density at radius 1 is 0.897 bits per heavy atom. The molecule has 3 rings (SSSR count). The minimum Gasteiger partial charge on any atom is -0.494 e. The molecule has 0 radical (unpaired) electrons. The molecule has 156 valence electrons. The van der Waals surface area contributed by atoms with Crippen molar-refractivity contribution in [2.45, 2.75) is 0 Å². The van der Waals surface area contributed by atoms with Crippen molar-refractivity contribution < 1.29 is 31.5 Å². The van der Waals surface area contributed by atoms with E-state index in [1.807, 2.05) is 0 Å². The molecule has 2 aromatic rings. The van der Waals surface area contributed by atoms with Gasteiger partial charge >= 0.3 is 0 Å². The molecule has 4 nitrogen and oxygen atoms in total. The average Bonchev–Trinajstić information content (AvgIpc) is 2.70. The number of carbonyl (C=O) groups is 1. The molecule has 1 aliphatic rings. The van der Waals surface area contributed by atoms with Crippen LogP contribution in [0.5, 0.6) is 5.75 Å². The highest BCUT2D eigenvalue weighted by Gasteiger charge is 2.32. The lowest BCUT2D eigenvalue weighted by Crippen LogP contribution is -2.49. The lowest BCUT2D eigenvalue weighted by atomic mass is 10.1. The highest BCUT2D eigenvalue weighted by atomic mass is 35.5. The van der Waals surface area contributed by atoms with Gasteiger partial charge in [-0.15, -0.1) is 0 Å². The third kappa shape index (κ3) is 3.81. The molecule has 0 unspecified atom stereocenters. The smallest absolute Gasteiger partial charge is 0.257 e. The quantitative estimate of drug-likeness (QED) is 0.384. The maximum atomic E-state index is 14.0. The summed E-state index contributed by atoms with van der Waals surface area (Å²) in [5, 5.41) is 0.336. The van der Waals surface area contributed by atoms with Gasteiger partial charge in [0.2, 0.25) is 5.82 Å². The van der Waals surface area contributed by atoms with Crippen LogP contribution in [0.4, 0.5) is 27.6 Å². The van der Waals surface area contributed by atoms with Crippen LogP contribution in [0.25, 0.3) is 0 Å². The number of carbonyl (C=O) groups excluding carboxylic acids is 1. The topological polar surface area (TPSA) is 32.8 Å². The zero-order valence-corrected chi connectivity index (χ0v) is 16.4. The van der Waals surface area contributed by atoms with E-state index in [-0.39, 0.29) is 47.5 Å². The van der Waals surface area contributed by atoms with Gasteiger partial charge in [-0.25, -0.2) is 22.0 Å². The maximum absolute atomic E-state index is 14.0. The lowest BCUT2D eigenvalue weighted by molar-refractivity contribution is 0.0743. The van der Waals surface area contributed by atoms with E-state index in [0.29, 0.717) is 0 Å². The van der Waals surface area contributed by atoms with Crippen molar-refractivity contribution >= 4 is 34.8 Å². The van der Waals surface area contributed by atoms with Crippen LogP contribution in [0.15, 0.2) is 12.1 Å². The van der Waals surface area contributed by atoms with Crippen molar-refractivity contribution in [2.24, 2.45) is 0 Å². The van der Waals surface area contributed by atoms with Crippen LogP contribution < -0.4 is 9.64 Å². The third-order valence-electron chi connectivity index (χ3n) is 4.51. The van der Waals surface area contributed by atoms with Crippen molar-refractivity contribution in [3.8, 4) is 5.75 Å². The number of rotatable bonds is 3. The number of hydrogen-bond acceptors (Lipinski definition) is 3. The molecule has 2 aromatic carbocycles. The van der Waals surface area contributed by atoms with Crippen molar-refractivity contribution in [3.05, 3.63) is 56.8 Å². The number of piperazine rings is 1. The molecule has 1 fully saturated rings. The number of amides is 1. The number of ether oxygens (including phenoxy) is 1. The van der Waals surface area contributed by atoms with Gasteiger partial charge in [-0.3, -0.25) is 4.79 Å². The van der Waals surface area contributed by atoms with Gasteiger partial charge in [-0.2, -0.15) is 0 Å². The van der Waals surface area contributed by atoms with Gasteiger partial charge in [0, 0.05) is 31.2 Å². The molecule has 0 N–H and O–H groups in total. The molecular formula is C18H13Cl2F5N2O2. The summed E-state index contributed by atoms with van der Waals surface area (Å²) in [5.41, 5.74) is -0.924. The Bertz CT molecular complexity index is 952. The molecular weight excluding hydrogens is 442 g/mol. The van der Waals surface area contributed by atoms with Gasteiger partial charge in [0.25, 0.3) is 5.91 Å². The maximum Gasteiger partial charge on any atom is 0.257 e. The molecule has 0 saturated carbocycles. The summed E-state index contributed by atoms with van der Waals surface area (Å²) in [4.78, 5) is 15.1. The number of halogens is 7. The Morgan fingerprint density at radius 2 is 1.41 bits per heavy atom. The molecule has 0 spiro atoms. The lowest BCUT2D eigenvalue weighted by Gasteiger charge is -2.36. The second-order valence-corrected chi connectivity index (χ2v) is 7.01. The van der Waals surface area contributed by atoms with Gasteiger partial charge in [0.1, 0.15) is 11.4 Å². The largest absolute Gasteiger partial charge is 0.494 e. The first kappa shape index (κ1) is 21.4. The fraction of sp³-hybridized carbons (Fsp3) is 0.278. The first-order chi connectivity index (χ1) is 13.7. The Labute approximate surface area is 172 Å². The molecule has 1 aliphatic heterocycles. The van der Waals surface area contributed by atoms with Gasteiger partial charge < -0.3 is 14.5 Å². The summed E-state index contributed by atoms with van der Waals surface area (Å²) in [5.74, 6) is -10.5. The van der Waals surface area contributed by atoms with Crippen LogP contribution in [0.1, 0.15) is 10.4 Å². The Morgan fingerprint density at radius 3 is 1.93 bits per heavy atom. The van der Waals surface area contributed by atoms with E-state index in [1.54, 1.807) is 0 Å². The zero-order chi connectivity index (χ0) is 21.5. The molecule has 0 aliphatic carbocycles. The summed E-state index contributed by atoms with van der Waals surface area (Å²) in [6.45, 7) is -0.376. The van der Waals surface area contributed by atoms with E-state index in [9.17, 15) is 26.7 Å². The SMILES string of the molecule is COc1c(Cl)cc(Cl)cc1C(=O)N1CCN(c2c(F)c(F)c(F)c(F)c2F)CC1. The van der Waals surface area contributed by atoms with E-state index >= 15 is 0 Å². The van der Waals surface area contributed by atoms with Crippen molar-refractivity contribution in [2.75, 3.05) is 38.2 Å². The van der Waals surface area contributed by atoms with E-state index in [1.165, 1.54) is 24.1 Å². The normalized spacial score (nSPS) is 14.3. The van der Waals surface area contributed by atoms with Crippen LogP contribution in [0.3, 0.4) is 0 Å². The predicted octanol–water partition coefficient (Wildman–Crippen LogP) is 4.66. The second-order valence-electron chi connectivity index (χ2n) is 6.17. The van der Waals surface area contributed by atoms with Crippen LogP contribution in [0, 0.1) is 29.1 Å². The molecule has 11 heteroatoms. The first-order valence-corrected chi connectivity index (χ1v) is 9.01. The average molecular weight is 455 g/mol. The standard InChI is InChI=1S/C18H13Cl2F5N2O2/c1-29-17-9(6-8(19)7-10(17)20)18(28)27-4-2-26(3-5-27)16-14(24)12(22)11(21)13(23)15(16)25/h6-7H,2-5H2,1H3. The van der Waals surface area contributed by atoms with Gasteiger partial charge in [-0.1, -0.05) is 23.2 Å². The van der Waals surface area contributed by atoms with Crippen LogP contribution in [0.2, 0.25) is 10.0 Å². The zero-order valence-electron chi connectivity index (χ0n) is 14.8. The number of methoxy groups -OCH3 is 1. The third-order valence-corrected chi connectivity index (χ3v) is 5.01. The number of nitrogens with zero attached hydrogens (tertiary/aromatic N) is 2. The monoisotopic (exact) mass is 454 g/mol. The Kier molecular flexibility index (Phi) is 6.09. The predicted molar refractivity (Wildman–Crippen MR) is 97.4 cm³/mol. The molecule has 0 bridgehead atoms. The first-order valence-electron chi connectivity index (χ1n) is 8.26. The summed E-state index contributed by atoms with van der Waals surface area (Å²) >= 11 is 12.0. The van der Waals surface area contributed by atoms with Crippen LogP contribution in [-0.2, 0) is 0 Å². The van der Waals surface area contributed by atoms with E-state index < -0.39 is 40.7 Å². The van der Waals surface area contributed by atoms with E-state index in [0.717, 1.165) is 4.90 Å². The summed E-state index contributed by atoms with van der Waals surface area (Å²) < 4.78 is 73.3. The highest BCUT2D eigenvalue weighted by molar-refractivity contribution is 6.36. The van der Waals surface area contributed by atoms with Crippen molar-refractivity contribution in [1.29, 1.82) is 0 Å². The summed E-state index contributed by atoms with van der Waals surface area (Å²) in [6.07, 6.45) is 0. The molecule has 1 amide bonds. The van der Waals surface area contributed by atoms with Gasteiger partial charge in [0.15, 0.2) is 23.3 Å². The molecule has 0 atom stereocenters. The number of hydrogen-bond donors (Lipinski definition) is 0. The number of anilines is 1. The van der Waals surface area contributed by atoms with Gasteiger partial charge in [0.05, 0.1) is 17.7 Å². The van der Waals surface area contributed by atoms with Crippen molar-refractivity contribution in [3.63, 3.8) is 0 Å². The van der Waals surface area contributed by atoms with Crippen molar-refractivity contribution in [1.82, 2.24) is 4.90 Å². The van der Waals surface area contributed by atoms with Gasteiger partial charge in [-0.05, 0) is 12.1 Å².